The molecule has 0 saturated heterocycles. The summed E-state index contributed by atoms with van der Waals surface area (Å²) in [5, 5.41) is 0. The average Bonchev–Trinajstić information content (AvgIpc) is 2.71. The predicted octanol–water partition coefficient (Wildman–Crippen LogP) is 2.46. The molecule has 0 fully saturated rings. The fourth-order valence-electron chi connectivity index (χ4n) is 2.77. The molecule has 0 bridgehead atoms. The second-order valence-corrected chi connectivity index (χ2v) is 4.70. The first kappa shape index (κ1) is 9.88. The van der Waals surface area contributed by atoms with Crippen molar-refractivity contribution in [2.75, 3.05) is 6.61 Å². The molecule has 0 aromatic heterocycles. The summed E-state index contributed by atoms with van der Waals surface area (Å²) < 4.78 is 5.56. The van der Waals surface area contributed by atoms with Crippen molar-refractivity contribution in [1.29, 1.82) is 0 Å². The highest BCUT2D eigenvalue weighted by Crippen LogP contribution is 2.33. The van der Waals surface area contributed by atoms with Crippen LogP contribution in [0.15, 0.2) is 12.1 Å². The zero-order chi connectivity index (χ0) is 11.0. The quantitative estimate of drug-likeness (QED) is 0.666. The predicted molar refractivity (Wildman–Crippen MR) is 61.9 cm³/mol. The third kappa shape index (κ3) is 1.62. The van der Waals surface area contributed by atoms with Gasteiger partial charge in [0.25, 0.3) is 0 Å². The summed E-state index contributed by atoms with van der Waals surface area (Å²) in [5.41, 5.74) is 3.95. The van der Waals surface area contributed by atoms with E-state index >= 15 is 0 Å². The first-order valence-corrected chi connectivity index (χ1v) is 6.13. The molecule has 2 nitrogen and oxygen atoms in total. The largest absolute Gasteiger partial charge is 0.493 e. The number of ketones is 1. The van der Waals surface area contributed by atoms with E-state index in [-0.39, 0.29) is 0 Å². The van der Waals surface area contributed by atoms with Gasteiger partial charge in [0.2, 0.25) is 0 Å². The lowest BCUT2D eigenvalue weighted by Gasteiger charge is -2.15. The summed E-state index contributed by atoms with van der Waals surface area (Å²) in [7, 11) is 0. The van der Waals surface area contributed by atoms with Gasteiger partial charge in [0.15, 0.2) is 0 Å². The molecule has 2 heteroatoms. The van der Waals surface area contributed by atoms with Gasteiger partial charge in [0.05, 0.1) is 6.61 Å². The second kappa shape index (κ2) is 3.93. The Balaban J connectivity index is 2.07. The molecule has 84 valence electrons. The van der Waals surface area contributed by atoms with E-state index in [1.54, 1.807) is 0 Å². The minimum absolute atomic E-state index is 0.390. The zero-order valence-corrected chi connectivity index (χ0v) is 9.42. The lowest BCUT2D eigenvalue weighted by atomic mass is 9.88. The van der Waals surface area contributed by atoms with Crippen LogP contribution in [-0.2, 0) is 24.1 Å². The van der Waals surface area contributed by atoms with Gasteiger partial charge in [-0.25, -0.2) is 0 Å². The van der Waals surface area contributed by atoms with E-state index in [4.69, 9.17) is 4.74 Å². The lowest BCUT2D eigenvalue weighted by molar-refractivity contribution is -0.118. The van der Waals surface area contributed by atoms with Crippen LogP contribution in [-0.4, -0.2) is 12.4 Å². The highest BCUT2D eigenvalue weighted by atomic mass is 16.5. The van der Waals surface area contributed by atoms with Crippen LogP contribution in [0.1, 0.15) is 36.0 Å². The van der Waals surface area contributed by atoms with Crippen LogP contribution >= 0.6 is 0 Å². The van der Waals surface area contributed by atoms with Crippen LogP contribution in [0.3, 0.4) is 0 Å². The molecular weight excluding hydrogens is 200 g/mol. The Labute approximate surface area is 95.6 Å². The van der Waals surface area contributed by atoms with Crippen molar-refractivity contribution < 1.29 is 9.53 Å². The maximum atomic E-state index is 11.8. The Kier molecular flexibility index (Phi) is 2.43. The summed E-state index contributed by atoms with van der Waals surface area (Å²) in [6, 6.07) is 4.23. The molecule has 1 heterocycles. The summed E-state index contributed by atoms with van der Waals surface area (Å²) in [5.74, 6) is 1.40. The van der Waals surface area contributed by atoms with Gasteiger partial charge >= 0.3 is 0 Å². The van der Waals surface area contributed by atoms with Gasteiger partial charge < -0.3 is 4.74 Å². The number of ether oxygens (including phenoxy) is 1. The number of fused-ring (bicyclic) bond motifs is 3. The van der Waals surface area contributed by atoms with Crippen LogP contribution in [0, 0.1) is 0 Å². The topological polar surface area (TPSA) is 26.3 Å². The highest BCUT2D eigenvalue weighted by molar-refractivity contribution is 5.82. The lowest BCUT2D eigenvalue weighted by Crippen LogP contribution is -2.10. The van der Waals surface area contributed by atoms with Gasteiger partial charge in [-0.05, 0) is 36.5 Å². The molecule has 2 aliphatic rings. The maximum Gasteiger partial charge on any atom is 0.137 e. The van der Waals surface area contributed by atoms with Crippen molar-refractivity contribution in [3.8, 4) is 5.75 Å². The number of hydrogen-bond acceptors (Lipinski definition) is 2. The molecule has 0 N–H and O–H groups in total. The number of benzene rings is 1. The Hall–Kier alpha value is -1.31. The van der Waals surface area contributed by atoms with Crippen LogP contribution in [0.25, 0.3) is 0 Å². The van der Waals surface area contributed by atoms with Gasteiger partial charge in [-0.2, -0.15) is 0 Å². The third-order valence-corrected chi connectivity index (χ3v) is 3.62. The van der Waals surface area contributed by atoms with Gasteiger partial charge in [0, 0.05) is 24.8 Å². The second-order valence-electron chi connectivity index (χ2n) is 4.70. The fourth-order valence-corrected chi connectivity index (χ4v) is 2.77. The Morgan fingerprint density at radius 3 is 2.81 bits per heavy atom. The molecule has 1 aromatic carbocycles. The van der Waals surface area contributed by atoms with E-state index in [1.807, 2.05) is 0 Å². The van der Waals surface area contributed by atoms with Crippen molar-refractivity contribution in [3.63, 3.8) is 0 Å². The molecule has 0 unspecified atom stereocenters. The summed E-state index contributed by atoms with van der Waals surface area (Å²) in [6.45, 7) is 0.778. The zero-order valence-electron chi connectivity index (χ0n) is 9.42. The fraction of sp³-hybridized carbons (Fsp3) is 0.500. The SMILES string of the molecule is O=C1CCCCc2ccc3c(c2C1)CCO3. The molecule has 0 radical (unpaired) electrons. The van der Waals surface area contributed by atoms with Gasteiger partial charge in [-0.1, -0.05) is 6.07 Å². The molecule has 0 saturated carbocycles. The van der Waals surface area contributed by atoms with E-state index in [0.717, 1.165) is 44.5 Å². The monoisotopic (exact) mass is 216 g/mol. The number of rotatable bonds is 0. The van der Waals surface area contributed by atoms with E-state index in [0.29, 0.717) is 12.2 Å². The Bertz CT molecular complexity index is 435. The van der Waals surface area contributed by atoms with Crippen molar-refractivity contribution in [1.82, 2.24) is 0 Å². The molecular formula is C14H16O2. The number of aryl methyl sites for hydroxylation is 1. The number of carbonyl (C=O) groups is 1. The molecule has 1 aliphatic heterocycles. The number of Topliss-reactive ketones (excluding diaryl/α,β-unsaturated/α-hetero) is 1. The van der Waals surface area contributed by atoms with Crippen LogP contribution in [0.5, 0.6) is 5.75 Å². The molecule has 0 spiro atoms. The normalized spacial score (nSPS) is 19.4. The number of hydrogen-bond donors (Lipinski definition) is 0. The summed E-state index contributed by atoms with van der Waals surface area (Å²) in [4.78, 5) is 11.8. The minimum Gasteiger partial charge on any atom is -0.493 e. The molecule has 0 amide bonds. The molecule has 3 rings (SSSR count). The van der Waals surface area contributed by atoms with Crippen molar-refractivity contribution in [3.05, 3.63) is 28.8 Å². The number of carbonyl (C=O) groups excluding carboxylic acids is 1. The molecule has 16 heavy (non-hydrogen) atoms. The van der Waals surface area contributed by atoms with Gasteiger partial charge in [-0.3, -0.25) is 4.79 Å². The van der Waals surface area contributed by atoms with Crippen molar-refractivity contribution in [2.24, 2.45) is 0 Å². The van der Waals surface area contributed by atoms with Crippen molar-refractivity contribution >= 4 is 5.78 Å². The highest BCUT2D eigenvalue weighted by Gasteiger charge is 2.21. The van der Waals surface area contributed by atoms with Gasteiger partial charge in [-0.15, -0.1) is 0 Å². The summed E-state index contributed by atoms with van der Waals surface area (Å²) in [6.07, 6.45) is 5.66. The van der Waals surface area contributed by atoms with E-state index < -0.39 is 0 Å². The van der Waals surface area contributed by atoms with E-state index in [1.165, 1.54) is 16.7 Å². The van der Waals surface area contributed by atoms with Crippen molar-refractivity contribution in [2.45, 2.75) is 38.5 Å². The standard InChI is InChI=1S/C14H16O2/c15-11-4-2-1-3-10-5-6-14-12(7-8-16-14)13(10)9-11/h5-6H,1-4,7-9H2. The van der Waals surface area contributed by atoms with E-state index in [2.05, 4.69) is 12.1 Å². The maximum absolute atomic E-state index is 11.8. The molecule has 0 atom stereocenters. The Morgan fingerprint density at radius 1 is 1.00 bits per heavy atom. The van der Waals surface area contributed by atoms with Crippen LogP contribution in [0.2, 0.25) is 0 Å². The van der Waals surface area contributed by atoms with Crippen LogP contribution in [0.4, 0.5) is 0 Å². The Morgan fingerprint density at radius 2 is 1.88 bits per heavy atom. The average molecular weight is 216 g/mol. The summed E-state index contributed by atoms with van der Waals surface area (Å²) >= 11 is 0. The molecule has 1 aliphatic carbocycles. The minimum atomic E-state index is 0.390. The smallest absolute Gasteiger partial charge is 0.137 e. The van der Waals surface area contributed by atoms with Gasteiger partial charge in [0.1, 0.15) is 11.5 Å². The first-order valence-electron chi connectivity index (χ1n) is 6.13. The molecule has 1 aromatic rings. The third-order valence-electron chi connectivity index (χ3n) is 3.62. The van der Waals surface area contributed by atoms with E-state index in [9.17, 15) is 4.79 Å². The van der Waals surface area contributed by atoms with Crippen LogP contribution < -0.4 is 4.74 Å². The first-order chi connectivity index (χ1) is 7.84.